The molecule has 1 aromatic carbocycles. The smallest absolute Gasteiger partial charge is 0.219 e. The van der Waals surface area contributed by atoms with Gasteiger partial charge in [0.25, 0.3) is 0 Å². The van der Waals surface area contributed by atoms with E-state index < -0.39 is 16.9 Å². The molecule has 0 bridgehead atoms. The van der Waals surface area contributed by atoms with Crippen molar-refractivity contribution in [2.24, 2.45) is 16.5 Å². The molecule has 0 N–H and O–H groups in total. The van der Waals surface area contributed by atoms with Crippen molar-refractivity contribution in [2.45, 2.75) is 33.3 Å². The number of benzene rings is 1. The minimum Gasteiger partial charge on any atom is -0.379 e. The summed E-state index contributed by atoms with van der Waals surface area (Å²) in [7, 11) is 0. The Morgan fingerprint density at radius 3 is 2.29 bits per heavy atom. The van der Waals surface area contributed by atoms with Crippen LogP contribution in [0.2, 0.25) is 10.0 Å². The fourth-order valence-corrected chi connectivity index (χ4v) is 3.98. The number of allylic oxidation sites excluding steroid dienone is 1. The molecule has 1 heterocycles. The van der Waals surface area contributed by atoms with Crippen molar-refractivity contribution in [3.8, 4) is 0 Å². The Labute approximate surface area is 150 Å². The van der Waals surface area contributed by atoms with E-state index in [1.807, 2.05) is 20.8 Å². The summed E-state index contributed by atoms with van der Waals surface area (Å²) in [5.41, 5.74) is -0.910. The molecular formula is C18H17Cl2NO3. The van der Waals surface area contributed by atoms with Crippen molar-refractivity contribution in [2.75, 3.05) is 0 Å². The predicted molar refractivity (Wildman–Crippen MR) is 93.5 cm³/mol. The maximum absolute atomic E-state index is 12.9. The highest BCUT2D eigenvalue weighted by atomic mass is 35.5. The van der Waals surface area contributed by atoms with E-state index in [-0.39, 0.29) is 11.6 Å². The molecule has 24 heavy (non-hydrogen) atoms. The number of Topliss-reactive ketones (excluding diaryl/α,β-unsaturated/α-hetero) is 1. The van der Waals surface area contributed by atoms with Gasteiger partial charge < -0.3 is 4.84 Å². The first-order valence-electron chi connectivity index (χ1n) is 7.58. The van der Waals surface area contributed by atoms with E-state index in [1.165, 1.54) is 6.08 Å². The summed E-state index contributed by atoms with van der Waals surface area (Å²) in [5, 5.41) is 4.84. The van der Waals surface area contributed by atoms with Crippen molar-refractivity contribution < 1.29 is 14.4 Å². The molecule has 0 spiro atoms. The molecular weight excluding hydrogens is 349 g/mol. The molecule has 1 aliphatic carbocycles. The molecule has 2 unspecified atom stereocenters. The lowest BCUT2D eigenvalue weighted by molar-refractivity contribution is -0.164. The van der Waals surface area contributed by atoms with Crippen molar-refractivity contribution in [1.29, 1.82) is 0 Å². The first-order chi connectivity index (χ1) is 11.1. The molecule has 1 aromatic rings. The Balaban J connectivity index is 2.26. The normalized spacial score (nSPS) is 26.7. The molecule has 1 aliphatic heterocycles. The standard InChI is InChI=1S/C18H17Cl2NO3/c1-9-8-12(22)18(17(2,3)4)14(16(9)23)15(21-24-18)13-10(19)6-5-7-11(13)20/h5-8,14H,1-4H3. The van der Waals surface area contributed by atoms with Crippen LogP contribution in [0.5, 0.6) is 0 Å². The summed E-state index contributed by atoms with van der Waals surface area (Å²) in [4.78, 5) is 31.5. The molecule has 6 heteroatoms. The molecule has 2 atom stereocenters. The average Bonchev–Trinajstić information content (AvgIpc) is 2.86. The first kappa shape index (κ1) is 17.2. The Hall–Kier alpha value is -1.65. The Morgan fingerprint density at radius 2 is 1.75 bits per heavy atom. The molecule has 126 valence electrons. The minimum atomic E-state index is -1.39. The minimum absolute atomic E-state index is 0.197. The number of oxime groups is 1. The fraction of sp³-hybridized carbons (Fsp3) is 0.389. The van der Waals surface area contributed by atoms with E-state index in [0.717, 1.165) is 0 Å². The maximum Gasteiger partial charge on any atom is 0.219 e. The monoisotopic (exact) mass is 365 g/mol. The number of halogens is 2. The lowest BCUT2D eigenvalue weighted by Crippen LogP contribution is -2.60. The first-order valence-corrected chi connectivity index (χ1v) is 8.34. The summed E-state index contributed by atoms with van der Waals surface area (Å²) in [5.74, 6) is -1.33. The lowest BCUT2D eigenvalue weighted by Gasteiger charge is -2.42. The Bertz CT molecular complexity index is 800. The van der Waals surface area contributed by atoms with Crippen LogP contribution in [0, 0.1) is 11.3 Å². The van der Waals surface area contributed by atoms with Gasteiger partial charge in [-0.3, -0.25) is 9.59 Å². The van der Waals surface area contributed by atoms with Gasteiger partial charge in [0, 0.05) is 11.0 Å². The van der Waals surface area contributed by atoms with Gasteiger partial charge in [-0.1, -0.05) is 55.2 Å². The van der Waals surface area contributed by atoms with Gasteiger partial charge in [0.1, 0.15) is 11.6 Å². The summed E-state index contributed by atoms with van der Waals surface area (Å²) in [6.45, 7) is 7.18. The number of rotatable bonds is 1. The lowest BCUT2D eigenvalue weighted by atomic mass is 9.60. The number of hydrogen-bond acceptors (Lipinski definition) is 4. The van der Waals surface area contributed by atoms with Crippen molar-refractivity contribution in [3.05, 3.63) is 45.5 Å². The predicted octanol–water partition coefficient (Wildman–Crippen LogP) is 4.23. The Kier molecular flexibility index (Phi) is 3.89. The maximum atomic E-state index is 12.9. The second-order valence-electron chi connectivity index (χ2n) is 7.14. The summed E-state index contributed by atoms with van der Waals surface area (Å²) < 4.78 is 0. The molecule has 0 saturated carbocycles. The molecule has 2 aliphatic rings. The van der Waals surface area contributed by atoms with Crippen molar-refractivity contribution in [1.82, 2.24) is 0 Å². The highest BCUT2D eigenvalue weighted by Crippen LogP contribution is 2.50. The van der Waals surface area contributed by atoms with E-state index in [9.17, 15) is 9.59 Å². The third-order valence-electron chi connectivity index (χ3n) is 4.67. The van der Waals surface area contributed by atoms with Gasteiger partial charge in [0.05, 0.1) is 10.0 Å². The zero-order valence-electron chi connectivity index (χ0n) is 13.8. The second kappa shape index (κ2) is 5.43. The highest BCUT2D eigenvalue weighted by molar-refractivity contribution is 6.42. The van der Waals surface area contributed by atoms with Crippen LogP contribution in [-0.2, 0) is 14.4 Å². The second-order valence-corrected chi connectivity index (χ2v) is 7.95. The number of carbonyl (C=O) groups excluding carboxylic acids is 2. The van der Waals surface area contributed by atoms with Gasteiger partial charge in [0.2, 0.25) is 11.4 Å². The summed E-state index contributed by atoms with van der Waals surface area (Å²) >= 11 is 12.6. The van der Waals surface area contributed by atoms with Gasteiger partial charge in [-0.05, 0) is 30.7 Å². The molecule has 4 nitrogen and oxygen atoms in total. The third kappa shape index (κ3) is 2.16. The van der Waals surface area contributed by atoms with Crippen LogP contribution in [-0.4, -0.2) is 22.9 Å². The Morgan fingerprint density at radius 1 is 1.17 bits per heavy atom. The summed E-state index contributed by atoms with van der Waals surface area (Å²) in [6, 6.07) is 5.04. The van der Waals surface area contributed by atoms with E-state index in [4.69, 9.17) is 28.0 Å². The molecule has 0 aromatic heterocycles. The SMILES string of the molecule is CC1=CC(=O)C2(C(C)(C)C)ON=C(c3c(Cl)cccc3Cl)C2C1=O. The number of carbonyl (C=O) groups is 2. The van der Waals surface area contributed by atoms with Gasteiger partial charge >= 0.3 is 0 Å². The van der Waals surface area contributed by atoms with Gasteiger partial charge in [-0.2, -0.15) is 0 Å². The highest BCUT2D eigenvalue weighted by Gasteiger charge is 2.65. The zero-order chi connectivity index (χ0) is 17.9. The van der Waals surface area contributed by atoms with Gasteiger partial charge in [-0.15, -0.1) is 0 Å². The molecule has 0 amide bonds. The molecule has 0 radical (unpaired) electrons. The van der Waals surface area contributed by atoms with Crippen molar-refractivity contribution >= 4 is 40.5 Å². The quantitative estimate of drug-likeness (QED) is 0.748. The van der Waals surface area contributed by atoms with Gasteiger partial charge in [0.15, 0.2) is 5.78 Å². The number of ketones is 2. The zero-order valence-corrected chi connectivity index (χ0v) is 15.3. The van der Waals surface area contributed by atoms with E-state index in [2.05, 4.69) is 5.16 Å². The van der Waals surface area contributed by atoms with Crippen LogP contribution in [0.4, 0.5) is 0 Å². The summed E-state index contributed by atoms with van der Waals surface area (Å²) in [6.07, 6.45) is 1.34. The van der Waals surface area contributed by atoms with E-state index >= 15 is 0 Å². The van der Waals surface area contributed by atoms with Crippen molar-refractivity contribution in [3.63, 3.8) is 0 Å². The topological polar surface area (TPSA) is 55.7 Å². The van der Waals surface area contributed by atoms with Crippen LogP contribution in [0.1, 0.15) is 33.3 Å². The van der Waals surface area contributed by atoms with Crippen LogP contribution < -0.4 is 0 Å². The third-order valence-corrected chi connectivity index (χ3v) is 5.30. The van der Waals surface area contributed by atoms with E-state index in [0.29, 0.717) is 26.9 Å². The van der Waals surface area contributed by atoms with Crippen LogP contribution in [0.15, 0.2) is 35.0 Å². The fourth-order valence-electron chi connectivity index (χ4n) is 3.39. The molecule has 0 saturated heterocycles. The largest absolute Gasteiger partial charge is 0.379 e. The van der Waals surface area contributed by atoms with Crippen LogP contribution >= 0.6 is 23.2 Å². The number of hydrogen-bond donors (Lipinski definition) is 0. The van der Waals surface area contributed by atoms with Crippen LogP contribution in [0.3, 0.4) is 0 Å². The van der Waals surface area contributed by atoms with E-state index in [1.54, 1.807) is 25.1 Å². The van der Waals surface area contributed by atoms with Gasteiger partial charge in [-0.25, -0.2) is 0 Å². The molecule has 0 fully saturated rings. The van der Waals surface area contributed by atoms with Crippen LogP contribution in [0.25, 0.3) is 0 Å². The molecule has 3 rings (SSSR count). The number of nitrogens with zero attached hydrogens (tertiary/aromatic N) is 1. The number of fused-ring (bicyclic) bond motifs is 1. The average molecular weight is 366 g/mol.